The Labute approximate surface area is 171 Å². The van der Waals surface area contributed by atoms with E-state index in [0.29, 0.717) is 19.3 Å². The molecule has 0 aliphatic carbocycles. The Morgan fingerprint density at radius 2 is 2.00 bits per heavy atom. The topological polar surface area (TPSA) is 93.1 Å². The number of benzene rings is 1. The molecule has 0 saturated heterocycles. The zero-order valence-electron chi connectivity index (χ0n) is 16.8. The standard InChI is InChI=1S/C23H30O6/c1-17(24)28-22(14-13-18-7-3-2-4-8-18)16-20(26)15-19(25)9-5-10-21-11-6-12-23(27)29-21/h2-8,10,12,19-22,25-26H,9,11,13-16H2,1H3/t19-,20-,21-,22-/m1/s1. The van der Waals surface area contributed by atoms with Crippen LogP contribution in [0.2, 0.25) is 0 Å². The lowest BCUT2D eigenvalue weighted by Crippen LogP contribution is -2.26. The van der Waals surface area contributed by atoms with E-state index in [1.807, 2.05) is 30.3 Å². The van der Waals surface area contributed by atoms with Crippen molar-refractivity contribution in [3.05, 3.63) is 60.2 Å². The molecule has 4 atom stereocenters. The van der Waals surface area contributed by atoms with Crippen molar-refractivity contribution in [2.45, 2.75) is 69.9 Å². The van der Waals surface area contributed by atoms with Gasteiger partial charge in [-0.25, -0.2) is 4.79 Å². The molecule has 29 heavy (non-hydrogen) atoms. The SMILES string of the molecule is CC(=O)O[C@H](CCc1ccccc1)C[C@H](O)C[C@H](O)CC=C[C@@H]1CC=CC(=O)O1. The maximum atomic E-state index is 11.4. The van der Waals surface area contributed by atoms with Crippen molar-refractivity contribution in [1.29, 1.82) is 0 Å². The van der Waals surface area contributed by atoms with Crippen molar-refractivity contribution in [2.24, 2.45) is 0 Å². The fourth-order valence-corrected chi connectivity index (χ4v) is 3.28. The van der Waals surface area contributed by atoms with Crippen LogP contribution in [-0.2, 0) is 25.5 Å². The van der Waals surface area contributed by atoms with E-state index >= 15 is 0 Å². The number of rotatable bonds is 11. The van der Waals surface area contributed by atoms with Crippen LogP contribution in [0.25, 0.3) is 0 Å². The Hall–Kier alpha value is -2.44. The summed E-state index contributed by atoms with van der Waals surface area (Å²) < 4.78 is 10.5. The smallest absolute Gasteiger partial charge is 0.331 e. The van der Waals surface area contributed by atoms with E-state index in [2.05, 4.69) is 0 Å². The molecule has 1 aliphatic heterocycles. The molecule has 0 spiro atoms. The van der Waals surface area contributed by atoms with Crippen molar-refractivity contribution < 1.29 is 29.3 Å². The van der Waals surface area contributed by atoms with Gasteiger partial charge in [0.2, 0.25) is 0 Å². The average Bonchev–Trinajstić information content (AvgIpc) is 2.66. The fourth-order valence-electron chi connectivity index (χ4n) is 3.28. The number of carbonyl (C=O) groups excluding carboxylic acids is 2. The second kappa shape index (κ2) is 12.2. The number of esters is 2. The number of hydrogen-bond acceptors (Lipinski definition) is 6. The van der Waals surface area contributed by atoms with Gasteiger partial charge in [0.25, 0.3) is 0 Å². The van der Waals surface area contributed by atoms with Crippen LogP contribution in [0.5, 0.6) is 0 Å². The number of aryl methyl sites for hydroxylation is 1. The minimum atomic E-state index is -0.783. The lowest BCUT2D eigenvalue weighted by molar-refractivity contribution is -0.148. The molecule has 0 aromatic heterocycles. The van der Waals surface area contributed by atoms with Gasteiger partial charge in [0.1, 0.15) is 12.2 Å². The number of ether oxygens (including phenoxy) is 2. The van der Waals surface area contributed by atoms with Gasteiger partial charge in [-0.2, -0.15) is 0 Å². The van der Waals surface area contributed by atoms with Crippen LogP contribution in [-0.4, -0.2) is 46.6 Å². The van der Waals surface area contributed by atoms with Crippen LogP contribution >= 0.6 is 0 Å². The molecule has 2 N–H and O–H groups in total. The quantitative estimate of drug-likeness (QED) is 0.437. The average molecular weight is 402 g/mol. The molecule has 6 nitrogen and oxygen atoms in total. The summed E-state index contributed by atoms with van der Waals surface area (Å²) in [6.45, 7) is 1.36. The zero-order valence-corrected chi connectivity index (χ0v) is 16.8. The summed E-state index contributed by atoms with van der Waals surface area (Å²) in [6.07, 6.45) is 7.19. The van der Waals surface area contributed by atoms with Crippen LogP contribution in [0.4, 0.5) is 0 Å². The molecule has 1 aromatic rings. The van der Waals surface area contributed by atoms with E-state index < -0.39 is 18.3 Å². The van der Waals surface area contributed by atoms with Crippen LogP contribution in [0.1, 0.15) is 44.6 Å². The van der Waals surface area contributed by atoms with Crippen LogP contribution in [0, 0.1) is 0 Å². The van der Waals surface area contributed by atoms with Crippen LogP contribution in [0.15, 0.2) is 54.6 Å². The highest BCUT2D eigenvalue weighted by Crippen LogP contribution is 2.17. The Morgan fingerprint density at radius 1 is 1.24 bits per heavy atom. The number of hydrogen-bond donors (Lipinski definition) is 2. The van der Waals surface area contributed by atoms with Crippen molar-refractivity contribution in [2.75, 3.05) is 0 Å². The second-order valence-electron chi connectivity index (χ2n) is 7.31. The maximum absolute atomic E-state index is 11.4. The highest BCUT2D eigenvalue weighted by molar-refractivity contribution is 5.82. The number of cyclic esters (lactones) is 1. The molecule has 0 saturated carbocycles. The minimum absolute atomic E-state index is 0.178. The monoisotopic (exact) mass is 402 g/mol. The van der Waals surface area contributed by atoms with E-state index in [1.54, 1.807) is 18.2 Å². The predicted molar refractivity (Wildman–Crippen MR) is 109 cm³/mol. The Bertz CT molecular complexity index is 697. The van der Waals surface area contributed by atoms with E-state index in [0.717, 1.165) is 12.0 Å². The highest BCUT2D eigenvalue weighted by Gasteiger charge is 2.20. The van der Waals surface area contributed by atoms with Gasteiger partial charge >= 0.3 is 11.9 Å². The Kier molecular flexibility index (Phi) is 9.60. The molecule has 0 radical (unpaired) electrons. The first-order valence-corrected chi connectivity index (χ1v) is 10.0. The zero-order chi connectivity index (χ0) is 21.1. The van der Waals surface area contributed by atoms with Gasteiger partial charge in [0, 0.05) is 25.8 Å². The summed E-state index contributed by atoms with van der Waals surface area (Å²) in [5.74, 6) is -0.747. The molecule has 158 valence electrons. The van der Waals surface area contributed by atoms with Gasteiger partial charge in [-0.05, 0) is 37.3 Å². The van der Waals surface area contributed by atoms with Gasteiger partial charge < -0.3 is 19.7 Å². The van der Waals surface area contributed by atoms with Crippen molar-refractivity contribution in [1.82, 2.24) is 0 Å². The summed E-state index contributed by atoms with van der Waals surface area (Å²) in [6, 6.07) is 9.88. The highest BCUT2D eigenvalue weighted by atomic mass is 16.5. The molecule has 0 bridgehead atoms. The minimum Gasteiger partial charge on any atom is -0.462 e. The summed E-state index contributed by atoms with van der Waals surface area (Å²) in [5.41, 5.74) is 1.14. The van der Waals surface area contributed by atoms with Gasteiger partial charge in [-0.3, -0.25) is 4.79 Å². The number of aliphatic hydroxyl groups is 2. The van der Waals surface area contributed by atoms with E-state index in [1.165, 1.54) is 13.0 Å². The molecule has 0 fully saturated rings. The second-order valence-corrected chi connectivity index (χ2v) is 7.31. The fraction of sp³-hybridized carbons (Fsp3) is 0.478. The van der Waals surface area contributed by atoms with Crippen molar-refractivity contribution in [3.8, 4) is 0 Å². The van der Waals surface area contributed by atoms with Crippen LogP contribution < -0.4 is 0 Å². The van der Waals surface area contributed by atoms with Gasteiger partial charge in [0.15, 0.2) is 0 Å². The van der Waals surface area contributed by atoms with Crippen molar-refractivity contribution >= 4 is 11.9 Å². The van der Waals surface area contributed by atoms with E-state index in [9.17, 15) is 19.8 Å². The summed E-state index contributed by atoms with van der Waals surface area (Å²) in [4.78, 5) is 22.6. The Morgan fingerprint density at radius 3 is 2.69 bits per heavy atom. The van der Waals surface area contributed by atoms with Crippen LogP contribution in [0.3, 0.4) is 0 Å². The first kappa shape index (κ1) is 22.8. The number of aliphatic hydroxyl groups excluding tert-OH is 2. The third-order valence-electron chi connectivity index (χ3n) is 4.66. The summed E-state index contributed by atoms with van der Waals surface area (Å²) in [5, 5.41) is 20.5. The van der Waals surface area contributed by atoms with E-state index in [-0.39, 0.29) is 30.9 Å². The lowest BCUT2D eigenvalue weighted by Gasteiger charge is -2.22. The third kappa shape index (κ3) is 9.54. The molecule has 1 aromatic carbocycles. The van der Waals surface area contributed by atoms with Gasteiger partial charge in [-0.15, -0.1) is 0 Å². The normalized spacial score (nSPS) is 19.6. The van der Waals surface area contributed by atoms with Gasteiger partial charge in [-0.1, -0.05) is 42.5 Å². The predicted octanol–water partition coefficient (Wildman–Crippen LogP) is 2.87. The molecule has 0 unspecified atom stereocenters. The largest absolute Gasteiger partial charge is 0.462 e. The van der Waals surface area contributed by atoms with Gasteiger partial charge in [0.05, 0.1) is 12.2 Å². The summed E-state index contributed by atoms with van der Waals surface area (Å²) >= 11 is 0. The molecule has 1 heterocycles. The summed E-state index contributed by atoms with van der Waals surface area (Å²) in [7, 11) is 0. The molecule has 1 aliphatic rings. The lowest BCUT2D eigenvalue weighted by atomic mass is 9.99. The first-order chi connectivity index (χ1) is 13.9. The number of carbonyl (C=O) groups is 2. The van der Waals surface area contributed by atoms with E-state index in [4.69, 9.17) is 9.47 Å². The first-order valence-electron chi connectivity index (χ1n) is 10.0. The Balaban J connectivity index is 1.75. The molecular formula is C23H30O6. The third-order valence-corrected chi connectivity index (χ3v) is 4.66. The molecule has 0 amide bonds. The van der Waals surface area contributed by atoms with Crippen molar-refractivity contribution in [3.63, 3.8) is 0 Å². The molecule has 6 heteroatoms. The molecule has 2 rings (SSSR count). The molecular weight excluding hydrogens is 372 g/mol. The maximum Gasteiger partial charge on any atom is 0.331 e.